The van der Waals surface area contributed by atoms with Gasteiger partial charge in [0.15, 0.2) is 0 Å². The van der Waals surface area contributed by atoms with Gasteiger partial charge in [0.2, 0.25) is 0 Å². The number of hydrogen-bond donors (Lipinski definition) is 1. The number of rotatable bonds is 2. The van der Waals surface area contributed by atoms with Crippen molar-refractivity contribution in [2.24, 2.45) is 0 Å². The van der Waals surface area contributed by atoms with Crippen molar-refractivity contribution in [2.45, 2.75) is 0 Å². The minimum atomic E-state index is 1.17. The van der Waals surface area contributed by atoms with E-state index in [9.17, 15) is 0 Å². The van der Waals surface area contributed by atoms with Crippen molar-refractivity contribution in [1.82, 2.24) is 5.43 Å². The summed E-state index contributed by atoms with van der Waals surface area (Å²) in [6, 6.07) is 10.1. The first-order chi connectivity index (χ1) is 4.84. The fourth-order valence-corrected chi connectivity index (χ4v) is 0.781. The van der Waals surface area contributed by atoms with Crippen LogP contribution >= 0.6 is 0 Å². The standard InChI is InChI=1S/C8H12N2/c1-9-10(2)8-6-4-3-5-7-8/h3-7,9H,1-2H3. The van der Waals surface area contributed by atoms with Crippen molar-refractivity contribution >= 4 is 5.69 Å². The van der Waals surface area contributed by atoms with Crippen LogP contribution in [0.3, 0.4) is 0 Å². The Morgan fingerprint density at radius 1 is 1.20 bits per heavy atom. The molecule has 10 heavy (non-hydrogen) atoms. The molecular formula is C8H12N2. The molecule has 54 valence electrons. The molecule has 0 aromatic heterocycles. The zero-order chi connectivity index (χ0) is 7.40. The van der Waals surface area contributed by atoms with Crippen LogP contribution in [0, 0.1) is 0 Å². The summed E-state index contributed by atoms with van der Waals surface area (Å²) in [5.74, 6) is 0. The van der Waals surface area contributed by atoms with E-state index in [2.05, 4.69) is 17.6 Å². The lowest BCUT2D eigenvalue weighted by atomic mass is 10.3. The quantitative estimate of drug-likeness (QED) is 0.616. The fourth-order valence-electron chi connectivity index (χ4n) is 0.781. The van der Waals surface area contributed by atoms with Gasteiger partial charge in [0, 0.05) is 14.1 Å². The van der Waals surface area contributed by atoms with Crippen molar-refractivity contribution < 1.29 is 0 Å². The Kier molecular flexibility index (Phi) is 2.29. The van der Waals surface area contributed by atoms with Crippen molar-refractivity contribution in [1.29, 1.82) is 0 Å². The number of hydrogen-bond acceptors (Lipinski definition) is 2. The Morgan fingerprint density at radius 3 is 2.30 bits per heavy atom. The van der Waals surface area contributed by atoms with Gasteiger partial charge < -0.3 is 5.01 Å². The Morgan fingerprint density at radius 2 is 1.80 bits per heavy atom. The molecule has 0 radical (unpaired) electrons. The Labute approximate surface area is 61.4 Å². The monoisotopic (exact) mass is 136 g/mol. The van der Waals surface area contributed by atoms with Crippen LogP contribution in [0.2, 0.25) is 0 Å². The van der Waals surface area contributed by atoms with Crippen LogP contribution in [0.1, 0.15) is 0 Å². The normalized spacial score (nSPS) is 9.40. The zero-order valence-electron chi connectivity index (χ0n) is 6.33. The maximum Gasteiger partial charge on any atom is 0.0516 e. The smallest absolute Gasteiger partial charge is 0.0516 e. The summed E-state index contributed by atoms with van der Waals surface area (Å²) in [5, 5.41) is 1.96. The number of anilines is 1. The highest BCUT2D eigenvalue weighted by Crippen LogP contribution is 2.07. The van der Waals surface area contributed by atoms with Crippen LogP contribution in [0.5, 0.6) is 0 Å². The largest absolute Gasteiger partial charge is 0.312 e. The molecule has 0 aliphatic carbocycles. The lowest BCUT2D eigenvalue weighted by molar-refractivity contribution is 0.791. The molecule has 0 aliphatic heterocycles. The maximum atomic E-state index is 3.01. The summed E-state index contributed by atoms with van der Waals surface area (Å²) in [4.78, 5) is 0. The minimum absolute atomic E-state index is 1.17. The SMILES string of the molecule is CNN(C)c1ccccc1. The third-order valence-corrected chi connectivity index (χ3v) is 1.48. The first-order valence-electron chi connectivity index (χ1n) is 3.31. The highest BCUT2D eigenvalue weighted by Gasteiger charge is 1.92. The van der Waals surface area contributed by atoms with E-state index in [-0.39, 0.29) is 0 Å². The Hall–Kier alpha value is -1.02. The van der Waals surface area contributed by atoms with E-state index in [1.165, 1.54) is 5.69 Å². The van der Waals surface area contributed by atoms with E-state index in [1.54, 1.807) is 0 Å². The van der Waals surface area contributed by atoms with Gasteiger partial charge in [0.05, 0.1) is 5.69 Å². The molecule has 0 amide bonds. The molecule has 1 rings (SSSR count). The first-order valence-corrected chi connectivity index (χ1v) is 3.31. The highest BCUT2D eigenvalue weighted by atomic mass is 15.5. The second-order valence-electron chi connectivity index (χ2n) is 2.12. The van der Waals surface area contributed by atoms with E-state index in [0.29, 0.717) is 0 Å². The molecule has 1 aromatic rings. The molecule has 0 bridgehead atoms. The molecule has 0 saturated heterocycles. The molecule has 0 heterocycles. The van der Waals surface area contributed by atoms with Crippen LogP contribution in [0.4, 0.5) is 5.69 Å². The predicted octanol–water partition coefficient (Wildman–Crippen LogP) is 1.26. The molecule has 0 aliphatic rings. The summed E-state index contributed by atoms with van der Waals surface area (Å²) >= 11 is 0. The van der Waals surface area contributed by atoms with E-state index in [0.717, 1.165) is 0 Å². The average molecular weight is 136 g/mol. The van der Waals surface area contributed by atoms with Crippen molar-refractivity contribution in [2.75, 3.05) is 19.1 Å². The third-order valence-electron chi connectivity index (χ3n) is 1.48. The average Bonchev–Trinajstić information content (AvgIpc) is 2.05. The van der Waals surface area contributed by atoms with Crippen LogP contribution in [0.15, 0.2) is 30.3 Å². The summed E-state index contributed by atoms with van der Waals surface area (Å²) < 4.78 is 0. The van der Waals surface area contributed by atoms with Crippen molar-refractivity contribution in [3.05, 3.63) is 30.3 Å². The number of para-hydroxylation sites is 1. The first kappa shape index (κ1) is 7.09. The van der Waals surface area contributed by atoms with Crippen LogP contribution in [0.25, 0.3) is 0 Å². The summed E-state index contributed by atoms with van der Waals surface area (Å²) in [7, 11) is 3.88. The van der Waals surface area contributed by atoms with Crippen LogP contribution in [-0.2, 0) is 0 Å². The van der Waals surface area contributed by atoms with Gasteiger partial charge in [-0.05, 0) is 12.1 Å². The maximum absolute atomic E-state index is 3.01. The number of nitrogens with one attached hydrogen (secondary N) is 1. The molecule has 2 nitrogen and oxygen atoms in total. The second-order valence-corrected chi connectivity index (χ2v) is 2.12. The van der Waals surface area contributed by atoms with Gasteiger partial charge >= 0.3 is 0 Å². The summed E-state index contributed by atoms with van der Waals surface area (Å²) in [6.07, 6.45) is 0. The zero-order valence-corrected chi connectivity index (χ0v) is 6.33. The van der Waals surface area contributed by atoms with Crippen LogP contribution in [-0.4, -0.2) is 14.1 Å². The van der Waals surface area contributed by atoms with Gasteiger partial charge in [-0.3, -0.25) is 0 Å². The van der Waals surface area contributed by atoms with Gasteiger partial charge in [-0.1, -0.05) is 18.2 Å². The van der Waals surface area contributed by atoms with Gasteiger partial charge in [0.25, 0.3) is 0 Å². The number of hydrazine groups is 1. The lowest BCUT2D eigenvalue weighted by Gasteiger charge is -2.16. The van der Waals surface area contributed by atoms with E-state index in [1.807, 2.05) is 37.3 Å². The van der Waals surface area contributed by atoms with Gasteiger partial charge in [0.1, 0.15) is 0 Å². The van der Waals surface area contributed by atoms with Gasteiger partial charge in [-0.15, -0.1) is 0 Å². The topological polar surface area (TPSA) is 15.3 Å². The molecule has 0 fully saturated rings. The predicted molar refractivity (Wildman–Crippen MR) is 43.9 cm³/mol. The lowest BCUT2D eigenvalue weighted by Crippen LogP contribution is -2.30. The van der Waals surface area contributed by atoms with Gasteiger partial charge in [-0.2, -0.15) is 0 Å². The van der Waals surface area contributed by atoms with Crippen molar-refractivity contribution in [3.8, 4) is 0 Å². The van der Waals surface area contributed by atoms with E-state index < -0.39 is 0 Å². The Bertz CT molecular complexity index is 184. The fraction of sp³-hybridized carbons (Fsp3) is 0.250. The molecule has 0 spiro atoms. The molecule has 1 N–H and O–H groups in total. The number of benzene rings is 1. The molecular weight excluding hydrogens is 124 g/mol. The molecule has 0 unspecified atom stereocenters. The molecule has 1 aromatic carbocycles. The van der Waals surface area contributed by atoms with E-state index in [4.69, 9.17) is 0 Å². The third kappa shape index (κ3) is 1.48. The molecule has 2 heteroatoms. The Balaban J connectivity index is 2.75. The minimum Gasteiger partial charge on any atom is -0.312 e. The summed E-state index contributed by atoms with van der Waals surface area (Å²) in [6.45, 7) is 0. The van der Waals surface area contributed by atoms with Gasteiger partial charge in [-0.25, -0.2) is 5.43 Å². The number of nitrogens with zero attached hydrogens (tertiary/aromatic N) is 1. The summed E-state index contributed by atoms with van der Waals surface area (Å²) in [5.41, 5.74) is 4.19. The second kappa shape index (κ2) is 3.22. The van der Waals surface area contributed by atoms with Crippen molar-refractivity contribution in [3.63, 3.8) is 0 Å². The highest BCUT2D eigenvalue weighted by molar-refractivity contribution is 5.43. The van der Waals surface area contributed by atoms with Crippen LogP contribution < -0.4 is 10.4 Å². The molecule has 0 atom stereocenters. The van der Waals surface area contributed by atoms with E-state index >= 15 is 0 Å². The molecule has 0 saturated carbocycles.